The van der Waals surface area contributed by atoms with Gasteiger partial charge in [-0.3, -0.25) is 0 Å². The Morgan fingerprint density at radius 1 is 0.466 bits per heavy atom. The zero-order chi connectivity index (χ0) is 37.6. The SMILES string of the molecule is B1c2cc3sc4ccccc4c3cc2N(c2ccc3sc4ccccc4c3c2)c2c1c(-c1cccc3c1[nH]c1c4ccccc4ccc31)cc1c2oc2ccccc21. The average molecular weight is 773 g/mol. The van der Waals surface area contributed by atoms with Gasteiger partial charge in [0.15, 0.2) is 12.9 Å². The van der Waals surface area contributed by atoms with E-state index in [9.17, 15) is 0 Å². The van der Waals surface area contributed by atoms with Gasteiger partial charge in [0.1, 0.15) is 5.58 Å². The van der Waals surface area contributed by atoms with Crippen LogP contribution in [0.4, 0.5) is 17.1 Å². The van der Waals surface area contributed by atoms with E-state index in [0.29, 0.717) is 0 Å². The van der Waals surface area contributed by atoms with Crippen LogP contribution in [0.2, 0.25) is 0 Å². The molecule has 0 radical (unpaired) electrons. The van der Waals surface area contributed by atoms with E-state index in [1.54, 1.807) is 0 Å². The summed E-state index contributed by atoms with van der Waals surface area (Å²) < 4.78 is 12.3. The third-order valence-electron chi connectivity index (χ3n) is 12.6. The van der Waals surface area contributed by atoms with E-state index in [1.807, 2.05) is 22.7 Å². The van der Waals surface area contributed by atoms with Gasteiger partial charge in [-0.05, 0) is 71.0 Å². The van der Waals surface area contributed by atoms with Crippen LogP contribution in [0, 0.1) is 0 Å². The predicted octanol–water partition coefficient (Wildman–Crippen LogP) is 13.9. The van der Waals surface area contributed by atoms with Crippen LogP contribution in [0.1, 0.15) is 0 Å². The summed E-state index contributed by atoms with van der Waals surface area (Å²) in [5.74, 6) is 0. The molecule has 268 valence electrons. The van der Waals surface area contributed by atoms with Crippen molar-refractivity contribution in [2.24, 2.45) is 0 Å². The molecule has 5 heterocycles. The number of thiophene rings is 2. The van der Waals surface area contributed by atoms with Crippen molar-refractivity contribution >= 4 is 153 Å². The molecule has 1 aliphatic rings. The highest BCUT2D eigenvalue weighted by molar-refractivity contribution is 7.26. The maximum atomic E-state index is 7.03. The van der Waals surface area contributed by atoms with Gasteiger partial charge in [0.05, 0.1) is 16.7 Å². The molecule has 0 bridgehead atoms. The highest BCUT2D eigenvalue weighted by Gasteiger charge is 2.33. The largest absolute Gasteiger partial charge is 0.454 e. The van der Waals surface area contributed by atoms with Crippen LogP contribution in [0.5, 0.6) is 0 Å². The average Bonchev–Trinajstić information content (AvgIpc) is 4.04. The molecule has 13 aromatic rings. The molecule has 0 spiro atoms. The van der Waals surface area contributed by atoms with E-state index in [4.69, 9.17) is 4.42 Å². The summed E-state index contributed by atoms with van der Waals surface area (Å²) >= 11 is 3.75. The van der Waals surface area contributed by atoms with Crippen LogP contribution < -0.4 is 15.8 Å². The number of rotatable bonds is 2. The van der Waals surface area contributed by atoms with Gasteiger partial charge in [0.25, 0.3) is 0 Å². The molecule has 9 aromatic carbocycles. The summed E-state index contributed by atoms with van der Waals surface area (Å²) in [7, 11) is 0.775. The van der Waals surface area contributed by atoms with Crippen LogP contribution >= 0.6 is 22.7 Å². The Balaban J connectivity index is 1.13. The molecule has 6 heteroatoms. The van der Waals surface area contributed by atoms with Gasteiger partial charge < -0.3 is 14.3 Å². The highest BCUT2D eigenvalue weighted by Crippen LogP contribution is 2.48. The number of nitrogens with zero attached hydrogens (tertiary/aromatic N) is 1. The molecule has 0 atom stereocenters. The van der Waals surface area contributed by atoms with Crippen molar-refractivity contribution in [3.63, 3.8) is 0 Å². The van der Waals surface area contributed by atoms with Crippen molar-refractivity contribution in [1.29, 1.82) is 0 Å². The van der Waals surface area contributed by atoms with E-state index < -0.39 is 0 Å². The number of H-pyrrole nitrogens is 1. The molecule has 0 saturated carbocycles. The summed E-state index contributed by atoms with van der Waals surface area (Å²) in [6.45, 7) is 0. The first kappa shape index (κ1) is 31.3. The number of fused-ring (bicyclic) bond motifs is 17. The standard InChI is InChI=1S/C52H29BN2OS2/c1-2-11-30-28(10-1)20-22-36-34-15-9-16-35(50(34)54-49(30)36)39-25-40-31-12-3-6-17-43(31)56-52(40)51-48(39)53-41-27-47-38(33-14-5-8-19-45(33)58-47)26-42(41)55(51)29-21-23-46-37(24-29)32-13-4-7-18-44(32)57-46/h1-27,53-54H. The molecule has 4 aromatic heterocycles. The van der Waals surface area contributed by atoms with Crippen molar-refractivity contribution in [2.45, 2.75) is 0 Å². The minimum absolute atomic E-state index is 0.775. The summed E-state index contributed by atoms with van der Waals surface area (Å²) in [5, 5.41) is 12.4. The maximum absolute atomic E-state index is 7.03. The fraction of sp³-hybridized carbons (Fsp3) is 0. The molecule has 0 unspecified atom stereocenters. The summed E-state index contributed by atoms with van der Waals surface area (Å²) in [4.78, 5) is 6.50. The van der Waals surface area contributed by atoms with E-state index in [0.717, 1.165) is 46.1 Å². The van der Waals surface area contributed by atoms with Crippen molar-refractivity contribution < 1.29 is 4.42 Å². The minimum Gasteiger partial charge on any atom is -0.454 e. The number of benzene rings is 9. The summed E-state index contributed by atoms with van der Waals surface area (Å²) in [5.41, 5.74) is 12.6. The zero-order valence-corrected chi connectivity index (χ0v) is 32.6. The number of anilines is 3. The second-order valence-corrected chi connectivity index (χ2v) is 17.8. The number of para-hydroxylation sites is 2. The van der Waals surface area contributed by atoms with Crippen LogP contribution in [0.3, 0.4) is 0 Å². The van der Waals surface area contributed by atoms with Gasteiger partial charge in [-0.25, -0.2) is 0 Å². The fourth-order valence-corrected chi connectivity index (χ4v) is 12.2. The maximum Gasteiger partial charge on any atom is 0.198 e. The van der Waals surface area contributed by atoms with E-state index in [-0.39, 0.29) is 0 Å². The van der Waals surface area contributed by atoms with Crippen LogP contribution in [0.25, 0.3) is 106 Å². The second kappa shape index (κ2) is 11.4. The predicted molar refractivity (Wildman–Crippen MR) is 253 cm³/mol. The lowest BCUT2D eigenvalue weighted by atomic mass is 9.58. The molecule has 14 rings (SSSR count). The first-order valence-corrected chi connectivity index (χ1v) is 21.4. The Morgan fingerprint density at radius 2 is 1.16 bits per heavy atom. The van der Waals surface area contributed by atoms with Crippen LogP contribution in [-0.2, 0) is 0 Å². The number of hydrogen-bond acceptors (Lipinski definition) is 4. The monoisotopic (exact) mass is 772 g/mol. The quantitative estimate of drug-likeness (QED) is 0.178. The Kier molecular flexibility index (Phi) is 6.13. The second-order valence-electron chi connectivity index (χ2n) is 15.7. The van der Waals surface area contributed by atoms with Gasteiger partial charge in [0.2, 0.25) is 0 Å². The molecule has 0 saturated heterocycles. The van der Waals surface area contributed by atoms with Gasteiger partial charge >= 0.3 is 0 Å². The molecule has 1 aliphatic heterocycles. The fourth-order valence-electron chi connectivity index (χ4n) is 10.0. The molecule has 58 heavy (non-hydrogen) atoms. The summed E-state index contributed by atoms with van der Waals surface area (Å²) in [6.07, 6.45) is 0. The molecule has 0 amide bonds. The van der Waals surface area contributed by atoms with Crippen molar-refractivity contribution in [2.75, 3.05) is 4.90 Å². The number of aromatic amines is 1. The Bertz CT molecular complexity index is 3920. The minimum atomic E-state index is 0.775. The smallest absolute Gasteiger partial charge is 0.198 e. The molecule has 0 aliphatic carbocycles. The lowest BCUT2D eigenvalue weighted by Gasteiger charge is -2.35. The Labute approximate surface area is 340 Å². The number of hydrogen-bond donors (Lipinski definition) is 1. The third-order valence-corrected chi connectivity index (χ3v) is 14.9. The first-order chi connectivity index (χ1) is 28.7. The highest BCUT2D eigenvalue weighted by atomic mass is 32.1. The number of furan rings is 1. The molecule has 0 fully saturated rings. The van der Waals surface area contributed by atoms with Crippen LogP contribution in [-0.4, -0.2) is 12.3 Å². The number of nitrogens with one attached hydrogen (secondary N) is 1. The molecule has 3 nitrogen and oxygen atoms in total. The lowest BCUT2D eigenvalue weighted by Crippen LogP contribution is -2.41. The molecular weight excluding hydrogens is 744 g/mol. The van der Waals surface area contributed by atoms with E-state index >= 15 is 0 Å². The molecular formula is C52H29BN2OS2. The lowest BCUT2D eigenvalue weighted by molar-refractivity contribution is 0.669. The van der Waals surface area contributed by atoms with Gasteiger partial charge in [0, 0.05) is 84.2 Å². The van der Waals surface area contributed by atoms with Crippen molar-refractivity contribution in [3.8, 4) is 11.1 Å². The van der Waals surface area contributed by atoms with Crippen molar-refractivity contribution in [1.82, 2.24) is 4.98 Å². The van der Waals surface area contributed by atoms with Crippen LogP contribution in [0.15, 0.2) is 168 Å². The van der Waals surface area contributed by atoms with Gasteiger partial charge in [-0.2, -0.15) is 0 Å². The Hall–Kier alpha value is -6.86. The summed E-state index contributed by atoms with van der Waals surface area (Å²) in [6, 6.07) is 60.5. The van der Waals surface area contributed by atoms with Gasteiger partial charge in [-0.1, -0.05) is 115 Å². The van der Waals surface area contributed by atoms with Gasteiger partial charge in [-0.15, -0.1) is 22.7 Å². The normalized spacial score (nSPS) is 12.9. The molecule has 1 N–H and O–H groups in total. The van der Waals surface area contributed by atoms with E-state index in [1.165, 1.54) is 95.1 Å². The third kappa shape index (κ3) is 4.18. The topological polar surface area (TPSA) is 32.2 Å². The van der Waals surface area contributed by atoms with Crippen molar-refractivity contribution in [3.05, 3.63) is 164 Å². The Morgan fingerprint density at radius 3 is 2.02 bits per heavy atom. The zero-order valence-electron chi connectivity index (χ0n) is 31.0. The number of aromatic nitrogens is 1. The van der Waals surface area contributed by atoms with E-state index in [2.05, 4.69) is 174 Å². The first-order valence-electron chi connectivity index (χ1n) is 19.8.